The van der Waals surface area contributed by atoms with Crippen LogP contribution in [0.5, 0.6) is 0 Å². The van der Waals surface area contributed by atoms with Gasteiger partial charge in [0.15, 0.2) is 0 Å². The zero-order valence-corrected chi connectivity index (χ0v) is 21.0. The topological polar surface area (TPSA) is 31.6 Å². The van der Waals surface area contributed by atoms with Gasteiger partial charge in [0.25, 0.3) is 0 Å². The van der Waals surface area contributed by atoms with Crippen molar-refractivity contribution in [3.05, 3.63) is 78.9 Å². The largest absolute Gasteiger partial charge is 0.499 e. The summed E-state index contributed by atoms with van der Waals surface area (Å²) in [5, 5.41) is 5.77. The summed E-state index contributed by atoms with van der Waals surface area (Å²) < 4.78 is 21.1. The number of fused-ring (bicyclic) bond motifs is 5. The Morgan fingerprint density at radius 3 is 2.09 bits per heavy atom. The molecule has 0 spiro atoms. The quantitative estimate of drug-likeness (QED) is 0.238. The predicted octanol–water partition coefficient (Wildman–Crippen LogP) is 7.92. The molecule has 1 aliphatic rings. The fourth-order valence-electron chi connectivity index (χ4n) is 5.23. The molecule has 0 N–H and O–H groups in total. The van der Waals surface area contributed by atoms with Gasteiger partial charge in [-0.15, -0.1) is 11.3 Å². The molecule has 2 aromatic heterocycles. The van der Waals surface area contributed by atoms with Crippen LogP contribution in [0.4, 0.5) is 0 Å². The van der Waals surface area contributed by atoms with Crippen molar-refractivity contribution in [2.75, 3.05) is 0 Å². The van der Waals surface area contributed by atoms with Crippen LogP contribution in [0.15, 0.2) is 83.3 Å². The van der Waals surface area contributed by atoms with E-state index < -0.39 is 18.3 Å². The van der Waals surface area contributed by atoms with Crippen molar-refractivity contribution in [3.8, 4) is 10.4 Å². The Morgan fingerprint density at radius 2 is 1.34 bits per heavy atom. The van der Waals surface area contributed by atoms with E-state index >= 15 is 0 Å². The van der Waals surface area contributed by atoms with E-state index in [1.807, 2.05) is 23.5 Å². The van der Waals surface area contributed by atoms with Crippen LogP contribution >= 0.6 is 11.3 Å². The average molecular weight is 476 g/mol. The van der Waals surface area contributed by atoms with Gasteiger partial charge >= 0.3 is 7.12 Å². The fourth-order valence-corrected chi connectivity index (χ4v) is 6.36. The van der Waals surface area contributed by atoms with Crippen molar-refractivity contribution in [3.63, 3.8) is 0 Å². The third-order valence-corrected chi connectivity index (χ3v) is 8.87. The molecule has 35 heavy (non-hydrogen) atoms. The first kappa shape index (κ1) is 21.2. The monoisotopic (exact) mass is 476 g/mol. The number of hydrogen-bond donors (Lipinski definition) is 0. The smallest absolute Gasteiger partial charge is 0.456 e. The highest BCUT2D eigenvalue weighted by Gasteiger charge is 2.53. The van der Waals surface area contributed by atoms with E-state index in [0.29, 0.717) is 0 Å². The third-order valence-electron chi connectivity index (χ3n) is 7.74. The Balaban J connectivity index is 1.64. The van der Waals surface area contributed by atoms with E-state index in [-0.39, 0.29) is 0 Å². The van der Waals surface area contributed by atoms with Crippen LogP contribution in [0.25, 0.3) is 53.2 Å². The summed E-state index contributed by atoms with van der Waals surface area (Å²) in [6.45, 7) is 8.38. The molecule has 7 rings (SSSR count). The van der Waals surface area contributed by atoms with Gasteiger partial charge in [0, 0.05) is 31.4 Å². The van der Waals surface area contributed by atoms with Gasteiger partial charge in [-0.25, -0.2) is 0 Å². The Hall–Kier alpha value is -3.12. The summed E-state index contributed by atoms with van der Waals surface area (Å²) in [6.07, 6.45) is 0. The molecule has 4 aromatic carbocycles. The molecule has 0 atom stereocenters. The van der Waals surface area contributed by atoms with E-state index in [0.717, 1.165) is 32.8 Å². The second-order valence-corrected chi connectivity index (χ2v) is 11.5. The highest BCUT2D eigenvalue weighted by molar-refractivity contribution is 7.22. The molecule has 0 bridgehead atoms. The number of hydrogen-bond acceptors (Lipinski definition) is 4. The highest BCUT2D eigenvalue weighted by atomic mass is 32.1. The van der Waals surface area contributed by atoms with Gasteiger partial charge in [0.1, 0.15) is 11.2 Å². The predicted molar refractivity (Wildman–Crippen MR) is 148 cm³/mol. The lowest BCUT2D eigenvalue weighted by Crippen LogP contribution is -2.41. The maximum absolute atomic E-state index is 6.62. The molecule has 1 aliphatic heterocycles. The van der Waals surface area contributed by atoms with Crippen molar-refractivity contribution in [1.82, 2.24) is 0 Å². The SMILES string of the molecule is CC1(C)OB(c2c3ccccc3c(-c3cc4ccccc4s3)c3c2oc2ccccc23)OC1(C)C. The Kier molecular flexibility index (Phi) is 4.36. The molecule has 0 amide bonds. The first-order chi connectivity index (χ1) is 16.8. The first-order valence-corrected chi connectivity index (χ1v) is 12.9. The third kappa shape index (κ3) is 2.99. The lowest BCUT2D eigenvalue weighted by atomic mass is 9.73. The summed E-state index contributed by atoms with van der Waals surface area (Å²) in [5.41, 5.74) is 3.01. The molecule has 0 saturated carbocycles. The van der Waals surface area contributed by atoms with E-state index in [4.69, 9.17) is 13.7 Å². The van der Waals surface area contributed by atoms with Crippen LogP contribution in [0.1, 0.15) is 27.7 Å². The number of furan rings is 1. The van der Waals surface area contributed by atoms with Gasteiger partial charge in [-0.3, -0.25) is 0 Å². The molecule has 172 valence electrons. The second kappa shape index (κ2) is 7.20. The molecule has 0 unspecified atom stereocenters. The van der Waals surface area contributed by atoms with Gasteiger partial charge in [-0.05, 0) is 62.1 Å². The minimum Gasteiger partial charge on any atom is -0.456 e. The molecule has 3 heterocycles. The highest BCUT2D eigenvalue weighted by Crippen LogP contribution is 2.46. The molecular weight excluding hydrogens is 451 g/mol. The van der Waals surface area contributed by atoms with E-state index in [2.05, 4.69) is 94.4 Å². The second-order valence-electron chi connectivity index (χ2n) is 10.4. The molecular formula is C30H25BO3S. The summed E-state index contributed by atoms with van der Waals surface area (Å²) >= 11 is 1.83. The minimum atomic E-state index is -0.524. The maximum atomic E-state index is 6.62. The number of benzene rings is 4. The summed E-state index contributed by atoms with van der Waals surface area (Å²) in [6, 6.07) is 27.8. The van der Waals surface area contributed by atoms with Gasteiger partial charge < -0.3 is 13.7 Å². The molecule has 6 aromatic rings. The van der Waals surface area contributed by atoms with Crippen LogP contribution in [0.2, 0.25) is 0 Å². The number of rotatable bonds is 2. The molecule has 1 fully saturated rings. The normalized spacial score (nSPS) is 17.3. The zero-order chi connectivity index (χ0) is 23.9. The van der Waals surface area contributed by atoms with Crippen LogP contribution in [0.3, 0.4) is 0 Å². The van der Waals surface area contributed by atoms with Crippen LogP contribution in [-0.4, -0.2) is 18.3 Å². The molecule has 1 saturated heterocycles. The van der Waals surface area contributed by atoms with Gasteiger partial charge in [0.2, 0.25) is 0 Å². The van der Waals surface area contributed by atoms with Crippen molar-refractivity contribution < 1.29 is 13.7 Å². The van der Waals surface area contributed by atoms with Crippen LogP contribution in [-0.2, 0) is 9.31 Å². The maximum Gasteiger partial charge on any atom is 0.499 e. The fraction of sp³-hybridized carbons (Fsp3) is 0.200. The summed E-state index contributed by atoms with van der Waals surface area (Å²) in [5.74, 6) is 0. The zero-order valence-electron chi connectivity index (χ0n) is 20.2. The average Bonchev–Trinajstić information content (AvgIpc) is 3.48. The van der Waals surface area contributed by atoms with E-state index in [9.17, 15) is 0 Å². The molecule has 0 radical (unpaired) electrons. The lowest BCUT2D eigenvalue weighted by molar-refractivity contribution is 0.00578. The van der Waals surface area contributed by atoms with Gasteiger partial charge in [-0.1, -0.05) is 60.7 Å². The van der Waals surface area contributed by atoms with Gasteiger partial charge in [-0.2, -0.15) is 0 Å². The van der Waals surface area contributed by atoms with Crippen molar-refractivity contribution in [2.24, 2.45) is 0 Å². The molecule has 5 heteroatoms. The number of para-hydroxylation sites is 1. The van der Waals surface area contributed by atoms with E-state index in [1.54, 1.807) is 0 Å². The van der Waals surface area contributed by atoms with E-state index in [1.165, 1.54) is 25.9 Å². The molecule has 0 aliphatic carbocycles. The Morgan fingerprint density at radius 1 is 0.714 bits per heavy atom. The van der Waals surface area contributed by atoms with Crippen LogP contribution < -0.4 is 5.46 Å². The van der Waals surface area contributed by atoms with Crippen molar-refractivity contribution >= 4 is 66.7 Å². The van der Waals surface area contributed by atoms with Crippen molar-refractivity contribution in [2.45, 2.75) is 38.9 Å². The van der Waals surface area contributed by atoms with Gasteiger partial charge in [0.05, 0.1) is 11.2 Å². The van der Waals surface area contributed by atoms with Crippen LogP contribution in [0, 0.1) is 0 Å². The minimum absolute atomic E-state index is 0.443. The Bertz CT molecular complexity index is 1730. The number of thiophene rings is 1. The standard InChI is InChI=1S/C30H25BO3S/c1-29(2)30(3,4)34-31(33-29)27-20-13-7-6-12-19(20)25(24-17-18-11-5-10-16-23(18)35-24)26-21-14-8-9-15-22(21)32-28(26)27/h5-17H,1-4H3. The Labute approximate surface area is 208 Å². The summed E-state index contributed by atoms with van der Waals surface area (Å²) in [4.78, 5) is 1.24. The first-order valence-electron chi connectivity index (χ1n) is 12.0. The molecule has 3 nitrogen and oxygen atoms in total. The van der Waals surface area contributed by atoms with Crippen molar-refractivity contribution in [1.29, 1.82) is 0 Å². The lowest BCUT2D eigenvalue weighted by Gasteiger charge is -2.32. The summed E-state index contributed by atoms with van der Waals surface area (Å²) in [7, 11) is -0.524.